The van der Waals surface area contributed by atoms with Gasteiger partial charge in [0.05, 0.1) is 24.3 Å². The molecule has 1 aliphatic carbocycles. The molecular formula is C18H31BN2O4. The Bertz CT molecular complexity index is 491. The summed E-state index contributed by atoms with van der Waals surface area (Å²) in [6.07, 6.45) is 3.24. The van der Waals surface area contributed by atoms with E-state index in [9.17, 15) is 9.59 Å². The summed E-state index contributed by atoms with van der Waals surface area (Å²) >= 11 is 0. The van der Waals surface area contributed by atoms with Crippen molar-refractivity contribution in [3.8, 4) is 0 Å². The first-order valence-electron chi connectivity index (χ1n) is 9.04. The maximum Gasteiger partial charge on any atom is 0.333 e. The first-order valence-corrected chi connectivity index (χ1v) is 9.04. The van der Waals surface area contributed by atoms with Crippen molar-refractivity contribution in [3.63, 3.8) is 0 Å². The van der Waals surface area contributed by atoms with E-state index in [2.05, 4.69) is 5.32 Å². The third kappa shape index (κ3) is 6.47. The zero-order valence-corrected chi connectivity index (χ0v) is 16.0. The number of rotatable bonds is 8. The van der Waals surface area contributed by atoms with Gasteiger partial charge in [-0.25, -0.2) is 4.79 Å². The highest BCUT2D eigenvalue weighted by Crippen LogP contribution is 2.24. The monoisotopic (exact) mass is 350 g/mol. The van der Waals surface area contributed by atoms with Gasteiger partial charge in [0.2, 0.25) is 5.91 Å². The fraction of sp³-hybridized carbons (Fsp3) is 0.778. The molecule has 1 rings (SSSR count). The molecule has 7 heteroatoms. The van der Waals surface area contributed by atoms with Crippen LogP contribution in [0, 0.1) is 5.92 Å². The quantitative estimate of drug-likeness (QED) is 0.510. The van der Waals surface area contributed by atoms with Crippen molar-refractivity contribution >= 4 is 19.7 Å². The second-order valence-corrected chi connectivity index (χ2v) is 6.94. The van der Waals surface area contributed by atoms with Crippen LogP contribution in [0.2, 0.25) is 0 Å². The smallest absolute Gasteiger partial charge is 0.333 e. The standard InChI is InChI=1S/C18H31BN2O4/c1-6-13(7-2)24-15-9-12(18(23)25-17(19)10(3)4)8-14(20)16(15)21-11(5)22/h9-10,13-17H,6-8,20H2,1-5H3,(H,21,22)/t14-,15+,16+,17?/m0/s1. The van der Waals surface area contributed by atoms with Crippen LogP contribution in [0.15, 0.2) is 11.6 Å². The van der Waals surface area contributed by atoms with Crippen LogP contribution in [0.4, 0.5) is 0 Å². The molecular weight excluding hydrogens is 319 g/mol. The van der Waals surface area contributed by atoms with E-state index in [-0.39, 0.29) is 24.0 Å². The second-order valence-electron chi connectivity index (χ2n) is 6.94. The topological polar surface area (TPSA) is 90.6 Å². The van der Waals surface area contributed by atoms with E-state index in [1.807, 2.05) is 27.7 Å². The maximum absolute atomic E-state index is 12.4. The van der Waals surface area contributed by atoms with Gasteiger partial charge < -0.3 is 20.5 Å². The summed E-state index contributed by atoms with van der Waals surface area (Å²) in [7, 11) is 5.82. The highest BCUT2D eigenvalue weighted by molar-refractivity contribution is 6.12. The molecule has 0 aromatic rings. The third-order valence-electron chi connectivity index (χ3n) is 4.43. The van der Waals surface area contributed by atoms with Gasteiger partial charge in [-0.1, -0.05) is 27.7 Å². The molecule has 0 spiro atoms. The van der Waals surface area contributed by atoms with E-state index in [1.165, 1.54) is 6.92 Å². The molecule has 0 bridgehead atoms. The van der Waals surface area contributed by atoms with Crippen LogP contribution in [0.5, 0.6) is 0 Å². The summed E-state index contributed by atoms with van der Waals surface area (Å²) in [6, 6.07) is -1.49. The molecule has 2 radical (unpaired) electrons. The summed E-state index contributed by atoms with van der Waals surface area (Å²) < 4.78 is 11.4. The van der Waals surface area contributed by atoms with E-state index in [4.69, 9.17) is 23.1 Å². The number of ether oxygens (including phenoxy) is 2. The molecule has 0 fully saturated rings. The van der Waals surface area contributed by atoms with Crippen LogP contribution in [0.25, 0.3) is 0 Å². The number of nitrogens with two attached hydrogens (primary N) is 1. The lowest BCUT2D eigenvalue weighted by Crippen LogP contribution is -2.57. The molecule has 0 aliphatic heterocycles. The fourth-order valence-corrected chi connectivity index (χ4v) is 2.73. The Labute approximate surface area is 152 Å². The number of hydrogen-bond acceptors (Lipinski definition) is 5. The zero-order chi connectivity index (χ0) is 19.1. The average molecular weight is 350 g/mol. The summed E-state index contributed by atoms with van der Waals surface area (Å²) in [6.45, 7) is 9.27. The van der Waals surface area contributed by atoms with Crippen molar-refractivity contribution in [2.45, 2.75) is 84.2 Å². The molecule has 0 aromatic carbocycles. The van der Waals surface area contributed by atoms with Crippen molar-refractivity contribution in [1.82, 2.24) is 5.32 Å². The predicted molar refractivity (Wildman–Crippen MR) is 98.0 cm³/mol. The Morgan fingerprint density at radius 3 is 2.44 bits per heavy atom. The maximum atomic E-state index is 12.4. The van der Waals surface area contributed by atoms with Crippen molar-refractivity contribution in [1.29, 1.82) is 0 Å². The van der Waals surface area contributed by atoms with Gasteiger partial charge in [-0.05, 0) is 31.3 Å². The fourth-order valence-electron chi connectivity index (χ4n) is 2.73. The number of esters is 1. The van der Waals surface area contributed by atoms with E-state index >= 15 is 0 Å². The van der Waals surface area contributed by atoms with Gasteiger partial charge in [-0.15, -0.1) is 0 Å². The minimum Gasteiger partial charge on any atom is -0.469 e. The van der Waals surface area contributed by atoms with Crippen LogP contribution in [0.1, 0.15) is 53.9 Å². The Morgan fingerprint density at radius 1 is 1.36 bits per heavy atom. The summed E-state index contributed by atoms with van der Waals surface area (Å²) in [5.41, 5.74) is 6.67. The van der Waals surface area contributed by atoms with Gasteiger partial charge in [-0.3, -0.25) is 4.79 Å². The molecule has 1 unspecified atom stereocenters. The number of amides is 1. The molecule has 3 N–H and O–H groups in total. The van der Waals surface area contributed by atoms with E-state index in [0.717, 1.165) is 12.8 Å². The van der Waals surface area contributed by atoms with E-state index in [0.29, 0.717) is 12.0 Å². The Kier molecular flexibility index (Phi) is 8.66. The number of hydrogen-bond donors (Lipinski definition) is 2. The lowest BCUT2D eigenvalue weighted by Gasteiger charge is -2.36. The molecule has 0 saturated heterocycles. The van der Waals surface area contributed by atoms with Crippen molar-refractivity contribution < 1.29 is 19.1 Å². The molecule has 1 amide bonds. The minimum atomic E-state index is -0.670. The van der Waals surface area contributed by atoms with Gasteiger partial charge >= 0.3 is 5.97 Å². The predicted octanol–water partition coefficient (Wildman–Crippen LogP) is 1.42. The molecule has 4 atom stereocenters. The Hall–Kier alpha value is -1.34. The number of nitrogens with one attached hydrogen (secondary N) is 1. The molecule has 1 aliphatic rings. The average Bonchev–Trinajstić information content (AvgIpc) is 2.54. The third-order valence-corrected chi connectivity index (χ3v) is 4.43. The van der Waals surface area contributed by atoms with Crippen LogP contribution >= 0.6 is 0 Å². The Balaban J connectivity index is 3.00. The molecule has 25 heavy (non-hydrogen) atoms. The molecule has 0 heterocycles. The first-order chi connectivity index (χ1) is 11.7. The van der Waals surface area contributed by atoms with Gasteiger partial charge in [0.25, 0.3) is 0 Å². The van der Waals surface area contributed by atoms with Gasteiger partial charge in [0.1, 0.15) is 7.85 Å². The summed E-state index contributed by atoms with van der Waals surface area (Å²) in [5, 5.41) is 2.84. The summed E-state index contributed by atoms with van der Waals surface area (Å²) in [5.74, 6) is -0.638. The van der Waals surface area contributed by atoms with Crippen molar-refractivity contribution in [2.75, 3.05) is 0 Å². The van der Waals surface area contributed by atoms with E-state index < -0.39 is 24.1 Å². The first kappa shape index (κ1) is 21.7. The van der Waals surface area contributed by atoms with Crippen LogP contribution in [0.3, 0.4) is 0 Å². The van der Waals surface area contributed by atoms with Crippen LogP contribution < -0.4 is 11.1 Å². The van der Waals surface area contributed by atoms with Gasteiger partial charge in [0, 0.05) is 18.5 Å². The zero-order valence-electron chi connectivity index (χ0n) is 16.0. The Morgan fingerprint density at radius 2 is 1.96 bits per heavy atom. The molecule has 6 nitrogen and oxygen atoms in total. The minimum absolute atomic E-state index is 0.0190. The van der Waals surface area contributed by atoms with Crippen LogP contribution in [-0.2, 0) is 19.1 Å². The second kappa shape index (κ2) is 9.97. The highest BCUT2D eigenvalue weighted by Gasteiger charge is 2.36. The SMILES string of the molecule is [B]C(OC(=O)C1=C[C@@H](OC(CC)CC)[C@H](NC(C)=O)[C@@H](N)C1)C(C)C. The largest absolute Gasteiger partial charge is 0.469 e. The molecule has 0 aromatic heterocycles. The van der Waals surface area contributed by atoms with Crippen molar-refractivity contribution in [2.24, 2.45) is 11.7 Å². The lowest BCUT2D eigenvalue weighted by atomic mass is 9.87. The van der Waals surface area contributed by atoms with Gasteiger partial charge in [0.15, 0.2) is 0 Å². The normalized spacial score (nSPS) is 24.8. The molecule has 140 valence electrons. The molecule has 0 saturated carbocycles. The van der Waals surface area contributed by atoms with Crippen LogP contribution in [-0.4, -0.2) is 50.0 Å². The highest BCUT2D eigenvalue weighted by atomic mass is 16.5. The summed E-state index contributed by atoms with van der Waals surface area (Å²) in [4.78, 5) is 23.9. The van der Waals surface area contributed by atoms with Crippen molar-refractivity contribution in [3.05, 3.63) is 11.6 Å². The number of carbonyl (C=O) groups excluding carboxylic acids is 2. The van der Waals surface area contributed by atoms with Gasteiger partial charge in [-0.2, -0.15) is 0 Å². The number of carbonyl (C=O) groups is 2. The van der Waals surface area contributed by atoms with E-state index in [1.54, 1.807) is 6.08 Å². The lowest BCUT2D eigenvalue weighted by molar-refractivity contribution is -0.142.